The smallest absolute Gasteiger partial charge is 0.410 e. The van der Waals surface area contributed by atoms with E-state index >= 15 is 0 Å². The highest BCUT2D eigenvalue weighted by Crippen LogP contribution is 2.25. The van der Waals surface area contributed by atoms with Crippen molar-refractivity contribution in [3.05, 3.63) is 0 Å². The highest BCUT2D eigenvalue weighted by atomic mass is 19.1. The lowest BCUT2D eigenvalue weighted by molar-refractivity contribution is 0.0273. The molecule has 0 aromatic heterocycles. The lowest BCUT2D eigenvalue weighted by Gasteiger charge is -2.24. The molecule has 5 heteroatoms. The van der Waals surface area contributed by atoms with Gasteiger partial charge in [-0.15, -0.1) is 0 Å². The van der Waals surface area contributed by atoms with Gasteiger partial charge in [0, 0.05) is 13.0 Å². The van der Waals surface area contributed by atoms with Crippen LogP contribution < -0.4 is 0 Å². The van der Waals surface area contributed by atoms with E-state index in [0.29, 0.717) is 0 Å². The van der Waals surface area contributed by atoms with E-state index in [0.717, 1.165) is 0 Å². The Bertz CT molecular complexity index is 306. The fourth-order valence-corrected chi connectivity index (χ4v) is 1.35. The van der Waals surface area contributed by atoms with Crippen LogP contribution in [0.4, 0.5) is 9.18 Å². The first-order valence-corrected chi connectivity index (χ1v) is 4.84. The number of nitrogens with zero attached hydrogens (tertiary/aromatic N) is 2. The monoisotopic (exact) mass is 214 g/mol. The Morgan fingerprint density at radius 3 is 2.60 bits per heavy atom. The van der Waals surface area contributed by atoms with E-state index in [9.17, 15) is 9.18 Å². The minimum Gasteiger partial charge on any atom is -0.444 e. The van der Waals surface area contributed by atoms with Gasteiger partial charge in [-0.25, -0.2) is 9.18 Å². The fourth-order valence-electron chi connectivity index (χ4n) is 1.35. The third kappa shape index (κ3) is 3.08. The van der Waals surface area contributed by atoms with E-state index in [2.05, 4.69) is 0 Å². The number of carbonyl (C=O) groups excluding carboxylic acids is 1. The minimum absolute atomic E-state index is 0.0583. The van der Waals surface area contributed by atoms with Crippen LogP contribution in [-0.4, -0.2) is 35.4 Å². The van der Waals surface area contributed by atoms with Gasteiger partial charge >= 0.3 is 6.09 Å². The van der Waals surface area contributed by atoms with Gasteiger partial charge in [-0.1, -0.05) is 0 Å². The molecule has 1 atom stereocenters. The lowest BCUT2D eigenvalue weighted by Crippen LogP contribution is -2.37. The molecule has 0 N–H and O–H groups in total. The van der Waals surface area contributed by atoms with Crippen molar-refractivity contribution in [2.45, 2.75) is 38.5 Å². The van der Waals surface area contributed by atoms with Crippen molar-refractivity contribution in [1.82, 2.24) is 4.90 Å². The quantitative estimate of drug-likeness (QED) is 0.618. The van der Waals surface area contributed by atoms with Crippen LogP contribution in [0.2, 0.25) is 0 Å². The van der Waals surface area contributed by atoms with Crippen LogP contribution in [0.25, 0.3) is 0 Å². The molecule has 1 saturated heterocycles. The normalized spacial score (nSPS) is 26.2. The number of hydrogen-bond donors (Lipinski definition) is 0. The Morgan fingerprint density at radius 1 is 1.60 bits per heavy atom. The maximum atomic E-state index is 13.5. The summed E-state index contributed by atoms with van der Waals surface area (Å²) in [4.78, 5) is 12.7. The zero-order valence-electron chi connectivity index (χ0n) is 9.21. The molecule has 0 aromatic carbocycles. The van der Waals surface area contributed by atoms with Crippen LogP contribution >= 0.6 is 0 Å². The number of hydrogen-bond acceptors (Lipinski definition) is 3. The summed E-state index contributed by atoms with van der Waals surface area (Å²) >= 11 is 0. The fraction of sp³-hybridized carbons (Fsp3) is 0.800. The third-order valence-electron chi connectivity index (χ3n) is 2.07. The first-order valence-electron chi connectivity index (χ1n) is 4.84. The second-order valence-corrected chi connectivity index (χ2v) is 4.73. The first kappa shape index (κ1) is 11.8. The van der Waals surface area contributed by atoms with Gasteiger partial charge in [0.1, 0.15) is 11.7 Å². The van der Waals surface area contributed by atoms with E-state index in [1.165, 1.54) is 4.90 Å². The van der Waals surface area contributed by atoms with Crippen molar-refractivity contribution in [2.24, 2.45) is 0 Å². The molecular formula is C10H15FN2O2. The number of likely N-dealkylation sites (tertiary alicyclic amines) is 1. The standard InChI is InChI=1S/C10H15FN2O2/c1-9(2,3)15-8(14)13-5-4-10(11,6-12)7-13/h4-5,7H2,1-3H3/t10-/m0/s1. The van der Waals surface area contributed by atoms with Crippen LogP contribution in [0.1, 0.15) is 27.2 Å². The molecule has 1 aliphatic rings. The van der Waals surface area contributed by atoms with Crippen molar-refractivity contribution >= 4 is 6.09 Å². The molecule has 84 valence electrons. The predicted molar refractivity (Wildman–Crippen MR) is 51.9 cm³/mol. The molecule has 1 fully saturated rings. The number of halogens is 1. The zero-order chi connectivity index (χ0) is 11.7. The summed E-state index contributed by atoms with van der Waals surface area (Å²) in [5.41, 5.74) is -2.50. The second-order valence-electron chi connectivity index (χ2n) is 4.73. The number of amides is 1. The SMILES string of the molecule is CC(C)(C)OC(=O)N1CC[C@](F)(C#N)C1. The summed E-state index contributed by atoms with van der Waals surface area (Å²) in [7, 11) is 0. The van der Waals surface area contributed by atoms with Gasteiger partial charge in [0.25, 0.3) is 0 Å². The van der Waals surface area contributed by atoms with Crippen LogP contribution in [0.15, 0.2) is 0 Å². The van der Waals surface area contributed by atoms with E-state index < -0.39 is 17.4 Å². The van der Waals surface area contributed by atoms with Gasteiger partial charge in [-0.3, -0.25) is 0 Å². The molecule has 0 saturated carbocycles. The Labute approximate surface area is 88.6 Å². The number of rotatable bonds is 0. The molecule has 1 heterocycles. The molecule has 0 bridgehead atoms. The average Bonchev–Trinajstić information content (AvgIpc) is 2.46. The van der Waals surface area contributed by atoms with Gasteiger partial charge in [-0.2, -0.15) is 5.26 Å². The Morgan fingerprint density at radius 2 is 2.20 bits per heavy atom. The highest BCUT2D eigenvalue weighted by Gasteiger charge is 2.41. The molecule has 0 spiro atoms. The van der Waals surface area contributed by atoms with Crippen molar-refractivity contribution in [2.75, 3.05) is 13.1 Å². The summed E-state index contributed by atoms with van der Waals surface area (Å²) in [5, 5.41) is 8.55. The summed E-state index contributed by atoms with van der Waals surface area (Å²) in [5.74, 6) is 0. The van der Waals surface area contributed by atoms with Crippen LogP contribution in [0.3, 0.4) is 0 Å². The van der Waals surface area contributed by atoms with E-state index in [4.69, 9.17) is 10.00 Å². The van der Waals surface area contributed by atoms with Gasteiger partial charge in [0.05, 0.1) is 6.54 Å². The van der Waals surface area contributed by atoms with Crippen molar-refractivity contribution in [3.63, 3.8) is 0 Å². The van der Waals surface area contributed by atoms with Gasteiger partial charge < -0.3 is 9.64 Å². The van der Waals surface area contributed by atoms with E-state index in [1.54, 1.807) is 26.8 Å². The molecule has 0 aromatic rings. The number of carbonyl (C=O) groups is 1. The molecule has 0 aliphatic carbocycles. The zero-order valence-corrected chi connectivity index (χ0v) is 9.21. The van der Waals surface area contributed by atoms with Crippen molar-refractivity contribution in [3.8, 4) is 6.07 Å². The summed E-state index contributed by atoms with van der Waals surface area (Å²) < 4.78 is 18.5. The minimum atomic E-state index is -1.91. The average molecular weight is 214 g/mol. The summed E-state index contributed by atoms with van der Waals surface area (Å²) in [6, 6.07) is 1.57. The number of alkyl halides is 1. The second kappa shape index (κ2) is 3.69. The molecule has 4 nitrogen and oxygen atoms in total. The predicted octanol–water partition coefficient (Wildman–Crippen LogP) is 1.86. The van der Waals surface area contributed by atoms with Crippen molar-refractivity contribution in [1.29, 1.82) is 5.26 Å². The van der Waals surface area contributed by atoms with Crippen LogP contribution in [0.5, 0.6) is 0 Å². The number of nitriles is 1. The van der Waals surface area contributed by atoms with Crippen LogP contribution in [-0.2, 0) is 4.74 Å². The molecular weight excluding hydrogens is 199 g/mol. The Kier molecular flexibility index (Phi) is 2.89. The maximum absolute atomic E-state index is 13.5. The van der Waals surface area contributed by atoms with Gasteiger partial charge in [-0.05, 0) is 20.8 Å². The molecule has 1 rings (SSSR count). The van der Waals surface area contributed by atoms with E-state index in [1.807, 2.05) is 0 Å². The van der Waals surface area contributed by atoms with Crippen molar-refractivity contribution < 1.29 is 13.9 Å². The summed E-state index contributed by atoms with van der Waals surface area (Å²) in [6.45, 7) is 5.27. The molecule has 1 amide bonds. The highest BCUT2D eigenvalue weighted by molar-refractivity contribution is 5.68. The molecule has 0 unspecified atom stereocenters. The van der Waals surface area contributed by atoms with E-state index in [-0.39, 0.29) is 19.5 Å². The topological polar surface area (TPSA) is 53.3 Å². The Balaban J connectivity index is 2.56. The molecule has 1 aliphatic heterocycles. The molecule has 15 heavy (non-hydrogen) atoms. The van der Waals surface area contributed by atoms with Gasteiger partial charge in [0.2, 0.25) is 5.67 Å². The third-order valence-corrected chi connectivity index (χ3v) is 2.07. The van der Waals surface area contributed by atoms with Gasteiger partial charge in [0.15, 0.2) is 0 Å². The summed E-state index contributed by atoms with van der Waals surface area (Å²) in [6.07, 6.45) is -0.500. The van der Waals surface area contributed by atoms with Crippen LogP contribution in [0, 0.1) is 11.3 Å². The lowest BCUT2D eigenvalue weighted by atomic mass is 10.1. The molecule has 0 radical (unpaired) electrons. The Hall–Kier alpha value is -1.31. The first-order chi connectivity index (χ1) is 6.76. The number of ether oxygens (including phenoxy) is 1. The maximum Gasteiger partial charge on any atom is 0.410 e. The largest absolute Gasteiger partial charge is 0.444 e.